The largest absolute Gasteiger partial charge is 0.380 e. The molecule has 3 rings (SSSR count). The lowest BCUT2D eigenvalue weighted by Gasteiger charge is -2.13. The number of rotatable bonds is 5. The molecule has 0 saturated carbocycles. The van der Waals surface area contributed by atoms with E-state index in [4.69, 9.17) is 4.74 Å². The van der Waals surface area contributed by atoms with Crippen molar-refractivity contribution in [3.63, 3.8) is 0 Å². The number of halogens is 1. The quantitative estimate of drug-likeness (QED) is 0.755. The van der Waals surface area contributed by atoms with Gasteiger partial charge < -0.3 is 10.1 Å². The molecule has 1 heterocycles. The maximum atomic E-state index is 13.8. The summed E-state index contributed by atoms with van der Waals surface area (Å²) in [6, 6.07) is 13.0. The second kappa shape index (κ2) is 7.29. The molecule has 1 N–H and O–H groups in total. The molecule has 0 bridgehead atoms. The molecular formula is C20H18FN3O. The summed E-state index contributed by atoms with van der Waals surface area (Å²) in [5, 5.41) is 13.3. The Morgan fingerprint density at radius 2 is 1.92 bits per heavy atom. The summed E-state index contributed by atoms with van der Waals surface area (Å²) in [6.07, 6.45) is 1.53. The molecule has 0 fully saturated rings. The Morgan fingerprint density at radius 3 is 2.60 bits per heavy atom. The van der Waals surface area contributed by atoms with Crippen molar-refractivity contribution < 1.29 is 9.13 Å². The van der Waals surface area contributed by atoms with Gasteiger partial charge in [-0.05, 0) is 35.7 Å². The van der Waals surface area contributed by atoms with Gasteiger partial charge in [-0.2, -0.15) is 5.26 Å². The summed E-state index contributed by atoms with van der Waals surface area (Å²) >= 11 is 0. The highest BCUT2D eigenvalue weighted by Gasteiger charge is 2.12. The average molecular weight is 335 g/mol. The lowest BCUT2D eigenvalue weighted by molar-refractivity contribution is 0.185. The number of nitrogens with zero attached hydrogens (tertiary/aromatic N) is 2. The fourth-order valence-corrected chi connectivity index (χ4v) is 2.82. The van der Waals surface area contributed by atoms with Crippen LogP contribution in [0.5, 0.6) is 0 Å². The molecule has 2 aromatic carbocycles. The zero-order valence-electron chi connectivity index (χ0n) is 14.1. The van der Waals surface area contributed by atoms with Crippen LogP contribution in [0.4, 0.5) is 10.1 Å². The third-order valence-corrected chi connectivity index (χ3v) is 4.05. The molecule has 0 atom stereocenters. The molecule has 1 aromatic heterocycles. The molecule has 0 amide bonds. The van der Waals surface area contributed by atoms with Crippen molar-refractivity contribution >= 4 is 16.6 Å². The van der Waals surface area contributed by atoms with Crippen molar-refractivity contribution in [3.05, 3.63) is 70.7 Å². The maximum Gasteiger partial charge on any atom is 0.124 e. The van der Waals surface area contributed by atoms with Crippen molar-refractivity contribution in [1.82, 2.24) is 4.98 Å². The maximum absolute atomic E-state index is 13.8. The Labute approximate surface area is 145 Å². The minimum atomic E-state index is -0.339. The first-order chi connectivity index (χ1) is 12.1. The molecule has 0 aliphatic carbocycles. The van der Waals surface area contributed by atoms with Crippen LogP contribution in [-0.4, -0.2) is 12.1 Å². The van der Waals surface area contributed by atoms with Crippen molar-refractivity contribution in [1.29, 1.82) is 5.26 Å². The normalized spacial score (nSPS) is 10.6. The Balaban J connectivity index is 1.93. The number of anilines is 1. The van der Waals surface area contributed by atoms with Crippen LogP contribution in [0.25, 0.3) is 10.9 Å². The van der Waals surface area contributed by atoms with Crippen molar-refractivity contribution in [2.24, 2.45) is 0 Å². The average Bonchev–Trinajstić information content (AvgIpc) is 2.61. The monoisotopic (exact) mass is 335 g/mol. The van der Waals surface area contributed by atoms with Crippen LogP contribution in [0.2, 0.25) is 0 Å². The van der Waals surface area contributed by atoms with Crippen molar-refractivity contribution in [3.8, 4) is 6.07 Å². The van der Waals surface area contributed by atoms with E-state index < -0.39 is 0 Å². The second-order valence-corrected chi connectivity index (χ2v) is 5.88. The highest BCUT2D eigenvalue weighted by Crippen LogP contribution is 2.29. The molecule has 0 saturated heterocycles. The predicted octanol–water partition coefficient (Wildman–Crippen LogP) is 4.31. The fourth-order valence-electron chi connectivity index (χ4n) is 2.82. The van der Waals surface area contributed by atoms with E-state index >= 15 is 0 Å². The van der Waals surface area contributed by atoms with Crippen LogP contribution in [-0.2, 0) is 17.9 Å². The molecule has 0 spiro atoms. The number of pyridine rings is 1. The number of nitrogens with one attached hydrogen (secondary N) is 1. The van der Waals surface area contributed by atoms with Gasteiger partial charge in [0.05, 0.1) is 23.4 Å². The van der Waals surface area contributed by atoms with E-state index in [1.807, 2.05) is 31.2 Å². The second-order valence-electron chi connectivity index (χ2n) is 5.88. The van der Waals surface area contributed by atoms with Gasteiger partial charge in [0.2, 0.25) is 0 Å². The van der Waals surface area contributed by atoms with Gasteiger partial charge in [-0.3, -0.25) is 4.98 Å². The third-order valence-electron chi connectivity index (χ3n) is 4.05. The summed E-state index contributed by atoms with van der Waals surface area (Å²) < 4.78 is 18.9. The smallest absolute Gasteiger partial charge is 0.124 e. The van der Waals surface area contributed by atoms with Crippen LogP contribution in [0.3, 0.4) is 0 Å². The zero-order valence-corrected chi connectivity index (χ0v) is 14.1. The van der Waals surface area contributed by atoms with Gasteiger partial charge in [0, 0.05) is 25.2 Å². The first-order valence-corrected chi connectivity index (χ1v) is 7.92. The van der Waals surface area contributed by atoms with Crippen LogP contribution in [0.1, 0.15) is 22.3 Å². The zero-order chi connectivity index (χ0) is 17.8. The highest BCUT2D eigenvalue weighted by atomic mass is 19.1. The van der Waals surface area contributed by atoms with Gasteiger partial charge >= 0.3 is 0 Å². The Hall–Kier alpha value is -2.97. The number of ether oxygens (including phenoxy) is 1. The van der Waals surface area contributed by atoms with Crippen molar-refractivity contribution in [2.45, 2.75) is 20.1 Å². The van der Waals surface area contributed by atoms with E-state index in [0.717, 1.165) is 16.7 Å². The molecule has 5 heteroatoms. The number of benzene rings is 2. The summed E-state index contributed by atoms with van der Waals surface area (Å²) in [6.45, 7) is 2.90. The van der Waals surface area contributed by atoms with Gasteiger partial charge in [0.1, 0.15) is 11.9 Å². The van der Waals surface area contributed by atoms with Crippen molar-refractivity contribution in [2.75, 3.05) is 12.4 Å². The molecule has 4 nitrogen and oxygen atoms in total. The molecular weight excluding hydrogens is 317 g/mol. The molecule has 0 aliphatic heterocycles. The van der Waals surface area contributed by atoms with Gasteiger partial charge in [-0.25, -0.2) is 4.39 Å². The number of aryl methyl sites for hydroxylation is 1. The number of methoxy groups -OCH3 is 1. The molecule has 0 unspecified atom stereocenters. The van der Waals surface area contributed by atoms with E-state index in [2.05, 4.69) is 16.4 Å². The molecule has 126 valence electrons. The van der Waals surface area contributed by atoms with E-state index in [-0.39, 0.29) is 5.82 Å². The van der Waals surface area contributed by atoms with E-state index in [1.54, 1.807) is 7.11 Å². The molecule has 0 radical (unpaired) electrons. The van der Waals surface area contributed by atoms with Crippen LogP contribution in [0, 0.1) is 24.1 Å². The van der Waals surface area contributed by atoms with E-state index in [0.29, 0.717) is 35.3 Å². The molecule has 25 heavy (non-hydrogen) atoms. The summed E-state index contributed by atoms with van der Waals surface area (Å²) in [5.41, 5.74) is 4.59. The SMILES string of the molecule is COCc1ccc(CNc2c(C#N)cnc3c(C)cc(F)cc23)cc1. The van der Waals surface area contributed by atoms with Gasteiger partial charge in [-0.1, -0.05) is 24.3 Å². The highest BCUT2D eigenvalue weighted by molar-refractivity contribution is 5.95. The predicted molar refractivity (Wildman–Crippen MR) is 95.6 cm³/mol. The van der Waals surface area contributed by atoms with Gasteiger partial charge in [0.15, 0.2) is 0 Å². The Bertz CT molecular complexity index is 946. The standard InChI is InChI=1S/C20H18FN3O/c1-13-7-17(21)8-18-19(13)24-11-16(9-22)20(18)23-10-14-3-5-15(6-4-14)12-25-2/h3-8,11H,10,12H2,1-2H3,(H,23,24). The molecule has 3 aromatic rings. The summed E-state index contributed by atoms with van der Waals surface area (Å²) in [7, 11) is 1.66. The van der Waals surface area contributed by atoms with Crippen LogP contribution in [0.15, 0.2) is 42.6 Å². The Morgan fingerprint density at radius 1 is 1.20 bits per heavy atom. The van der Waals surface area contributed by atoms with Crippen LogP contribution >= 0.6 is 0 Å². The molecule has 0 aliphatic rings. The first kappa shape index (κ1) is 16.9. The Kier molecular flexibility index (Phi) is 4.92. The number of aromatic nitrogens is 1. The number of fused-ring (bicyclic) bond motifs is 1. The summed E-state index contributed by atoms with van der Waals surface area (Å²) in [4.78, 5) is 4.30. The minimum Gasteiger partial charge on any atom is -0.380 e. The van der Waals surface area contributed by atoms with Gasteiger partial charge in [-0.15, -0.1) is 0 Å². The number of hydrogen-bond acceptors (Lipinski definition) is 4. The number of hydrogen-bond donors (Lipinski definition) is 1. The third kappa shape index (κ3) is 3.59. The summed E-state index contributed by atoms with van der Waals surface area (Å²) in [5.74, 6) is -0.339. The first-order valence-electron chi connectivity index (χ1n) is 7.92. The fraction of sp³-hybridized carbons (Fsp3) is 0.200. The van der Waals surface area contributed by atoms with Gasteiger partial charge in [0.25, 0.3) is 0 Å². The topological polar surface area (TPSA) is 57.9 Å². The minimum absolute atomic E-state index is 0.339. The van der Waals surface area contributed by atoms with E-state index in [9.17, 15) is 9.65 Å². The lowest BCUT2D eigenvalue weighted by Crippen LogP contribution is -2.04. The lowest BCUT2D eigenvalue weighted by atomic mass is 10.1. The van der Waals surface area contributed by atoms with Crippen LogP contribution < -0.4 is 5.32 Å². The van der Waals surface area contributed by atoms with E-state index in [1.165, 1.54) is 18.3 Å². The number of nitriles is 1.